The van der Waals surface area contributed by atoms with Gasteiger partial charge in [-0.25, -0.2) is 14.2 Å². The topological polar surface area (TPSA) is 84.3 Å². The zero-order chi connectivity index (χ0) is 21.1. The second-order valence-corrected chi connectivity index (χ2v) is 7.66. The van der Waals surface area contributed by atoms with Crippen LogP contribution >= 0.6 is 11.3 Å². The van der Waals surface area contributed by atoms with Gasteiger partial charge in [0.2, 0.25) is 0 Å². The van der Waals surface area contributed by atoms with E-state index in [1.54, 1.807) is 17.5 Å². The van der Waals surface area contributed by atoms with Crippen molar-refractivity contribution in [1.29, 1.82) is 0 Å². The minimum atomic E-state index is -0.413. The number of nitrogens with one attached hydrogen (secondary N) is 2. The van der Waals surface area contributed by atoms with E-state index in [4.69, 9.17) is 4.74 Å². The SMILES string of the molecule is CCOCCn1cc(Nc2nc(-c3ccc(N4CCNC4=O)cc3F)cs2)c(C)n1. The van der Waals surface area contributed by atoms with Gasteiger partial charge >= 0.3 is 6.03 Å². The van der Waals surface area contributed by atoms with Crippen molar-refractivity contribution in [3.8, 4) is 11.3 Å². The average Bonchev–Trinajstić information content (AvgIpc) is 3.44. The highest BCUT2D eigenvalue weighted by Gasteiger charge is 2.22. The molecule has 2 amide bonds. The van der Waals surface area contributed by atoms with Gasteiger partial charge in [0.1, 0.15) is 5.82 Å². The summed E-state index contributed by atoms with van der Waals surface area (Å²) in [7, 11) is 0. The number of carbonyl (C=O) groups excluding carboxylic acids is 1. The number of amides is 2. The first-order valence-corrected chi connectivity index (χ1v) is 10.6. The maximum absolute atomic E-state index is 14.7. The fourth-order valence-corrected chi connectivity index (χ4v) is 3.95. The van der Waals surface area contributed by atoms with Crippen LogP contribution in [0, 0.1) is 12.7 Å². The van der Waals surface area contributed by atoms with E-state index >= 15 is 0 Å². The van der Waals surface area contributed by atoms with Gasteiger partial charge in [-0.1, -0.05) is 0 Å². The molecule has 1 aliphatic heterocycles. The third-order valence-electron chi connectivity index (χ3n) is 4.76. The van der Waals surface area contributed by atoms with E-state index in [1.165, 1.54) is 22.3 Å². The fourth-order valence-electron chi connectivity index (χ4n) is 3.23. The molecule has 0 spiro atoms. The van der Waals surface area contributed by atoms with Crippen LogP contribution in [0.4, 0.5) is 25.7 Å². The molecule has 0 bridgehead atoms. The van der Waals surface area contributed by atoms with Crippen LogP contribution in [0.1, 0.15) is 12.6 Å². The quantitative estimate of drug-likeness (QED) is 0.532. The number of benzene rings is 1. The van der Waals surface area contributed by atoms with Crippen LogP contribution in [0.2, 0.25) is 0 Å². The van der Waals surface area contributed by atoms with Crippen LogP contribution < -0.4 is 15.5 Å². The molecule has 0 unspecified atom stereocenters. The Morgan fingerprint density at radius 3 is 3.00 bits per heavy atom. The van der Waals surface area contributed by atoms with E-state index in [-0.39, 0.29) is 6.03 Å². The first-order valence-electron chi connectivity index (χ1n) is 9.75. The number of rotatable bonds is 8. The van der Waals surface area contributed by atoms with Gasteiger partial charge in [0.25, 0.3) is 0 Å². The Balaban J connectivity index is 1.47. The molecule has 158 valence electrons. The molecular weight excluding hydrogens is 407 g/mol. The van der Waals surface area contributed by atoms with E-state index in [1.807, 2.05) is 24.7 Å². The molecule has 0 atom stereocenters. The van der Waals surface area contributed by atoms with Crippen LogP contribution in [0.25, 0.3) is 11.3 Å². The molecule has 3 aromatic rings. The number of urea groups is 1. The normalized spacial score (nSPS) is 13.7. The maximum atomic E-state index is 14.7. The Bertz CT molecular complexity index is 1050. The number of halogens is 1. The lowest BCUT2D eigenvalue weighted by atomic mass is 10.1. The lowest BCUT2D eigenvalue weighted by Crippen LogP contribution is -2.27. The monoisotopic (exact) mass is 430 g/mol. The van der Waals surface area contributed by atoms with Crippen molar-refractivity contribution in [2.45, 2.75) is 20.4 Å². The number of carbonyl (C=O) groups is 1. The summed E-state index contributed by atoms with van der Waals surface area (Å²) < 4.78 is 21.9. The fraction of sp³-hybridized carbons (Fsp3) is 0.350. The average molecular weight is 431 g/mol. The van der Waals surface area contributed by atoms with Gasteiger partial charge in [-0.05, 0) is 32.0 Å². The van der Waals surface area contributed by atoms with Gasteiger partial charge in [0.05, 0.1) is 30.2 Å². The van der Waals surface area contributed by atoms with Crippen LogP contribution in [-0.2, 0) is 11.3 Å². The summed E-state index contributed by atoms with van der Waals surface area (Å²) in [5.74, 6) is -0.413. The highest BCUT2D eigenvalue weighted by Crippen LogP contribution is 2.31. The molecule has 30 heavy (non-hydrogen) atoms. The number of ether oxygens (including phenoxy) is 1. The molecule has 1 fully saturated rings. The lowest BCUT2D eigenvalue weighted by molar-refractivity contribution is 0.136. The Kier molecular flexibility index (Phi) is 5.96. The first-order chi connectivity index (χ1) is 14.5. The Morgan fingerprint density at radius 1 is 1.40 bits per heavy atom. The zero-order valence-electron chi connectivity index (χ0n) is 16.8. The van der Waals surface area contributed by atoms with E-state index < -0.39 is 5.82 Å². The molecule has 1 aliphatic rings. The Hall–Kier alpha value is -2.98. The third kappa shape index (κ3) is 4.29. The van der Waals surface area contributed by atoms with Gasteiger partial charge in [-0.2, -0.15) is 5.10 Å². The summed E-state index contributed by atoms with van der Waals surface area (Å²) in [6.07, 6.45) is 1.91. The molecule has 4 rings (SSSR count). The van der Waals surface area contributed by atoms with Crippen molar-refractivity contribution in [2.75, 3.05) is 36.5 Å². The van der Waals surface area contributed by atoms with Crippen molar-refractivity contribution in [3.63, 3.8) is 0 Å². The molecule has 8 nitrogen and oxygen atoms in total. The highest BCUT2D eigenvalue weighted by atomic mass is 32.1. The molecule has 0 radical (unpaired) electrons. The molecule has 1 aromatic carbocycles. The van der Waals surface area contributed by atoms with Gasteiger partial charge in [0, 0.05) is 42.5 Å². The van der Waals surface area contributed by atoms with Crippen LogP contribution in [-0.4, -0.2) is 47.1 Å². The van der Waals surface area contributed by atoms with E-state index in [0.717, 1.165) is 11.4 Å². The standard InChI is InChI=1S/C20H23FN6O2S/c1-3-29-9-8-26-11-17(13(2)25-26)23-19-24-18(12-30-19)15-5-4-14(10-16(15)21)27-7-6-22-20(27)28/h4-5,10-12H,3,6-9H2,1-2H3,(H,22,28)(H,23,24). The summed E-state index contributed by atoms with van der Waals surface area (Å²) in [6.45, 7) is 6.92. The summed E-state index contributed by atoms with van der Waals surface area (Å²) in [5, 5.41) is 12.9. The van der Waals surface area contributed by atoms with Crippen molar-refractivity contribution in [1.82, 2.24) is 20.1 Å². The number of aromatic nitrogens is 3. The molecule has 10 heteroatoms. The second-order valence-electron chi connectivity index (χ2n) is 6.80. The predicted molar refractivity (Wildman–Crippen MR) is 115 cm³/mol. The van der Waals surface area contributed by atoms with Gasteiger partial charge in [-0.3, -0.25) is 9.58 Å². The summed E-state index contributed by atoms with van der Waals surface area (Å²) in [6, 6.07) is 4.56. The first kappa shape index (κ1) is 20.3. The highest BCUT2D eigenvalue weighted by molar-refractivity contribution is 7.14. The predicted octanol–water partition coefficient (Wildman–Crippen LogP) is 3.76. The van der Waals surface area contributed by atoms with Gasteiger partial charge in [0.15, 0.2) is 5.13 Å². The summed E-state index contributed by atoms with van der Waals surface area (Å²) in [5.41, 5.74) is 3.17. The van der Waals surface area contributed by atoms with Crippen molar-refractivity contribution in [3.05, 3.63) is 41.3 Å². The molecular formula is C20H23FN6O2S. The van der Waals surface area contributed by atoms with Gasteiger partial charge < -0.3 is 15.4 Å². The largest absolute Gasteiger partial charge is 0.380 e. The molecule has 2 aromatic heterocycles. The maximum Gasteiger partial charge on any atom is 0.321 e. The van der Waals surface area contributed by atoms with E-state index in [9.17, 15) is 9.18 Å². The van der Waals surface area contributed by atoms with Crippen LogP contribution in [0.15, 0.2) is 29.8 Å². The van der Waals surface area contributed by atoms with E-state index in [2.05, 4.69) is 20.7 Å². The van der Waals surface area contributed by atoms with Crippen molar-refractivity contribution in [2.24, 2.45) is 0 Å². The van der Waals surface area contributed by atoms with Crippen LogP contribution in [0.5, 0.6) is 0 Å². The molecule has 1 saturated heterocycles. The van der Waals surface area contributed by atoms with Crippen molar-refractivity contribution >= 4 is 33.9 Å². The van der Waals surface area contributed by atoms with Gasteiger partial charge in [-0.15, -0.1) is 11.3 Å². The molecule has 2 N–H and O–H groups in total. The molecule has 0 saturated carbocycles. The summed E-state index contributed by atoms with van der Waals surface area (Å²) >= 11 is 1.39. The number of anilines is 3. The lowest BCUT2D eigenvalue weighted by Gasteiger charge is -2.14. The number of thiazole rings is 1. The number of hydrogen-bond donors (Lipinski definition) is 2. The van der Waals surface area contributed by atoms with Crippen LogP contribution in [0.3, 0.4) is 0 Å². The molecule has 0 aliphatic carbocycles. The van der Waals surface area contributed by atoms with E-state index in [0.29, 0.717) is 54.9 Å². The minimum absolute atomic E-state index is 0.209. The second kappa shape index (κ2) is 8.80. The smallest absolute Gasteiger partial charge is 0.321 e. The van der Waals surface area contributed by atoms with Crippen molar-refractivity contribution < 1.29 is 13.9 Å². The zero-order valence-corrected chi connectivity index (χ0v) is 17.6. The molecule has 3 heterocycles. The number of aryl methyl sites for hydroxylation is 1. The number of nitrogens with zero attached hydrogens (tertiary/aromatic N) is 4. The third-order valence-corrected chi connectivity index (χ3v) is 5.52. The summed E-state index contributed by atoms with van der Waals surface area (Å²) in [4.78, 5) is 17.8. The number of hydrogen-bond acceptors (Lipinski definition) is 6. The minimum Gasteiger partial charge on any atom is -0.380 e. The Labute approximate surface area is 177 Å². The Morgan fingerprint density at radius 2 is 2.27 bits per heavy atom.